The lowest BCUT2D eigenvalue weighted by Gasteiger charge is -2.26. The van der Waals surface area contributed by atoms with E-state index in [4.69, 9.17) is 0 Å². The number of carbonyl (C=O) groups is 4. The van der Waals surface area contributed by atoms with Crippen molar-refractivity contribution in [2.75, 3.05) is 13.1 Å². The van der Waals surface area contributed by atoms with E-state index < -0.39 is 0 Å². The van der Waals surface area contributed by atoms with Gasteiger partial charge in [0, 0.05) is 47.8 Å². The van der Waals surface area contributed by atoms with Crippen LogP contribution in [0.4, 0.5) is 0 Å². The number of nitrogens with one attached hydrogen (secondary N) is 2. The summed E-state index contributed by atoms with van der Waals surface area (Å²) in [4.78, 5) is 56.0. The maximum Gasteiger partial charge on any atom is 0.259 e. The number of ketones is 1. The quantitative estimate of drug-likeness (QED) is 0.475. The number of H-pyrrole nitrogens is 1. The van der Waals surface area contributed by atoms with Crippen LogP contribution in [0.5, 0.6) is 0 Å². The van der Waals surface area contributed by atoms with Crippen LogP contribution in [0.25, 0.3) is 21.8 Å². The van der Waals surface area contributed by atoms with E-state index in [9.17, 15) is 19.2 Å². The maximum atomic E-state index is 13.0. The SMILES string of the molecule is O=C(CCC(=O)N1CCCCC1)c1ccc2[nH]c3c4c(c5c(c3c2c1)C(=O)NC5=O)CCC4. The number of likely N-dealkylation sites (tertiary alicyclic amines) is 1. The van der Waals surface area contributed by atoms with Crippen molar-refractivity contribution >= 4 is 45.3 Å². The molecule has 0 atom stereocenters. The summed E-state index contributed by atoms with van der Waals surface area (Å²) < 4.78 is 0. The van der Waals surface area contributed by atoms with Crippen LogP contribution >= 0.6 is 0 Å². The predicted molar refractivity (Wildman–Crippen MR) is 124 cm³/mol. The van der Waals surface area contributed by atoms with Crippen molar-refractivity contribution in [1.82, 2.24) is 15.2 Å². The number of aromatic amines is 1. The van der Waals surface area contributed by atoms with Gasteiger partial charge in [-0.25, -0.2) is 0 Å². The Morgan fingerprint density at radius 1 is 0.879 bits per heavy atom. The minimum atomic E-state index is -0.376. The Kier molecular flexibility index (Phi) is 4.60. The van der Waals surface area contributed by atoms with Gasteiger partial charge >= 0.3 is 0 Å². The third-order valence-electron chi connectivity index (χ3n) is 7.40. The molecule has 33 heavy (non-hydrogen) atoms. The molecule has 168 valence electrons. The average molecular weight is 444 g/mol. The monoisotopic (exact) mass is 443 g/mol. The zero-order valence-electron chi connectivity index (χ0n) is 18.4. The largest absolute Gasteiger partial charge is 0.354 e. The molecule has 3 heterocycles. The van der Waals surface area contributed by atoms with Gasteiger partial charge < -0.3 is 9.88 Å². The molecule has 0 spiro atoms. The molecule has 0 saturated carbocycles. The lowest BCUT2D eigenvalue weighted by atomic mass is 9.93. The highest BCUT2D eigenvalue weighted by Gasteiger charge is 2.36. The van der Waals surface area contributed by atoms with Crippen molar-refractivity contribution in [1.29, 1.82) is 0 Å². The van der Waals surface area contributed by atoms with Crippen molar-refractivity contribution in [2.24, 2.45) is 0 Å². The van der Waals surface area contributed by atoms with Crippen molar-refractivity contribution in [3.05, 3.63) is 46.0 Å². The fourth-order valence-corrected chi connectivity index (χ4v) is 5.79. The summed E-state index contributed by atoms with van der Waals surface area (Å²) >= 11 is 0. The third-order valence-corrected chi connectivity index (χ3v) is 7.40. The minimum Gasteiger partial charge on any atom is -0.354 e. The summed E-state index contributed by atoms with van der Waals surface area (Å²) in [6.07, 6.45) is 6.19. The summed E-state index contributed by atoms with van der Waals surface area (Å²) in [5, 5.41) is 3.96. The third kappa shape index (κ3) is 3.09. The molecule has 3 aliphatic rings. The summed E-state index contributed by atoms with van der Waals surface area (Å²) in [7, 11) is 0. The Labute approximate surface area is 190 Å². The average Bonchev–Trinajstić information content (AvgIpc) is 3.52. The highest BCUT2D eigenvalue weighted by atomic mass is 16.2. The van der Waals surface area contributed by atoms with Gasteiger partial charge in [0.1, 0.15) is 0 Å². The lowest BCUT2D eigenvalue weighted by molar-refractivity contribution is -0.132. The molecule has 1 aliphatic carbocycles. The number of fused-ring (bicyclic) bond motifs is 8. The molecule has 6 rings (SSSR count). The van der Waals surface area contributed by atoms with Crippen LogP contribution in [-0.4, -0.2) is 46.5 Å². The molecular formula is C26H25N3O4. The normalized spacial score (nSPS) is 17.5. The first-order chi connectivity index (χ1) is 16.0. The molecule has 0 unspecified atom stereocenters. The Bertz CT molecular complexity index is 1380. The lowest BCUT2D eigenvalue weighted by Crippen LogP contribution is -2.35. The van der Waals surface area contributed by atoms with Crippen molar-refractivity contribution in [3.63, 3.8) is 0 Å². The van der Waals surface area contributed by atoms with E-state index in [2.05, 4.69) is 10.3 Å². The van der Waals surface area contributed by atoms with Crippen LogP contribution in [0, 0.1) is 0 Å². The van der Waals surface area contributed by atoms with E-state index >= 15 is 0 Å². The van der Waals surface area contributed by atoms with Gasteiger partial charge in [-0.1, -0.05) is 0 Å². The molecule has 2 aromatic carbocycles. The fourth-order valence-electron chi connectivity index (χ4n) is 5.79. The second-order valence-electron chi connectivity index (χ2n) is 9.34. The van der Waals surface area contributed by atoms with Crippen LogP contribution < -0.4 is 5.32 Å². The Hall–Kier alpha value is -3.48. The van der Waals surface area contributed by atoms with E-state index in [1.54, 1.807) is 12.1 Å². The molecular weight excluding hydrogens is 418 g/mol. The first-order valence-electron chi connectivity index (χ1n) is 11.8. The number of nitrogens with zero attached hydrogens (tertiary/aromatic N) is 1. The number of hydrogen-bond donors (Lipinski definition) is 2. The fraction of sp³-hybridized carbons (Fsp3) is 0.385. The Morgan fingerprint density at radius 3 is 2.45 bits per heavy atom. The summed E-state index contributed by atoms with van der Waals surface area (Å²) in [6, 6.07) is 5.44. The van der Waals surface area contributed by atoms with Gasteiger partial charge in [-0.3, -0.25) is 24.5 Å². The molecule has 1 aromatic heterocycles. The number of benzene rings is 2. The number of rotatable bonds is 4. The van der Waals surface area contributed by atoms with Gasteiger partial charge in [0.2, 0.25) is 5.91 Å². The van der Waals surface area contributed by atoms with Crippen LogP contribution in [0.3, 0.4) is 0 Å². The zero-order valence-corrected chi connectivity index (χ0v) is 18.4. The predicted octanol–water partition coefficient (Wildman–Crippen LogP) is 3.67. The van der Waals surface area contributed by atoms with Gasteiger partial charge in [0.05, 0.1) is 16.6 Å². The zero-order chi connectivity index (χ0) is 22.7. The van der Waals surface area contributed by atoms with Gasteiger partial charge in [0.15, 0.2) is 5.78 Å². The topological polar surface area (TPSA) is 99.3 Å². The number of hydrogen-bond acceptors (Lipinski definition) is 4. The van der Waals surface area contributed by atoms with Crippen molar-refractivity contribution in [2.45, 2.75) is 51.4 Å². The standard InChI is InChI=1S/C26H25N3O4/c30-19(9-10-20(31)29-11-2-1-3-12-29)14-7-8-18-17(13-14)21-23-22(25(32)28-26(23)33)15-5-4-6-16(15)24(21)27-18/h7-8,13,27H,1-6,9-12H2,(H,28,32,33). The van der Waals surface area contributed by atoms with Crippen LogP contribution in [0.15, 0.2) is 18.2 Å². The molecule has 7 heteroatoms. The first-order valence-corrected chi connectivity index (χ1v) is 11.8. The van der Waals surface area contributed by atoms with Crippen LogP contribution in [0.2, 0.25) is 0 Å². The molecule has 0 radical (unpaired) electrons. The molecule has 1 saturated heterocycles. The van der Waals surface area contributed by atoms with Gasteiger partial charge in [-0.05, 0) is 67.9 Å². The molecule has 3 amide bonds. The first kappa shape index (κ1) is 20.1. The van der Waals surface area contributed by atoms with Gasteiger partial charge in [-0.15, -0.1) is 0 Å². The molecule has 1 fully saturated rings. The summed E-state index contributed by atoms with van der Waals surface area (Å²) in [5.74, 6) is -0.748. The molecule has 3 aromatic rings. The van der Waals surface area contributed by atoms with Gasteiger partial charge in [-0.2, -0.15) is 0 Å². The van der Waals surface area contributed by atoms with Crippen LogP contribution in [-0.2, 0) is 17.6 Å². The second kappa shape index (κ2) is 7.54. The number of piperidine rings is 1. The van der Waals surface area contributed by atoms with Crippen LogP contribution in [0.1, 0.15) is 80.7 Å². The number of Topliss-reactive ketones (excluding diaryl/α,β-unsaturated/α-hetero) is 1. The Morgan fingerprint density at radius 2 is 1.64 bits per heavy atom. The second-order valence-corrected chi connectivity index (χ2v) is 9.34. The number of aryl methyl sites for hydroxylation is 1. The van der Waals surface area contributed by atoms with E-state index in [0.29, 0.717) is 16.7 Å². The van der Waals surface area contributed by atoms with E-state index in [1.165, 1.54) is 0 Å². The molecule has 2 N–H and O–H groups in total. The summed E-state index contributed by atoms with van der Waals surface area (Å²) in [6.45, 7) is 1.56. The van der Waals surface area contributed by atoms with E-state index in [0.717, 1.165) is 84.5 Å². The smallest absolute Gasteiger partial charge is 0.259 e. The molecule has 7 nitrogen and oxygen atoms in total. The Balaban J connectivity index is 1.38. The highest BCUT2D eigenvalue weighted by Crippen LogP contribution is 2.41. The number of imide groups is 1. The number of amides is 3. The molecule has 0 bridgehead atoms. The highest BCUT2D eigenvalue weighted by molar-refractivity contribution is 6.31. The minimum absolute atomic E-state index is 0.0415. The van der Waals surface area contributed by atoms with E-state index in [-0.39, 0.29) is 36.3 Å². The number of aromatic nitrogens is 1. The van der Waals surface area contributed by atoms with Crippen molar-refractivity contribution < 1.29 is 19.2 Å². The van der Waals surface area contributed by atoms with Crippen molar-refractivity contribution in [3.8, 4) is 0 Å². The molecule has 2 aliphatic heterocycles. The summed E-state index contributed by atoms with van der Waals surface area (Å²) in [5.41, 5.74) is 5.25. The van der Waals surface area contributed by atoms with E-state index in [1.807, 2.05) is 11.0 Å². The van der Waals surface area contributed by atoms with Gasteiger partial charge in [0.25, 0.3) is 11.8 Å². The number of carbonyl (C=O) groups excluding carboxylic acids is 4. The maximum absolute atomic E-state index is 13.0.